The van der Waals surface area contributed by atoms with Gasteiger partial charge in [0.1, 0.15) is 5.75 Å². The lowest BCUT2D eigenvalue weighted by atomic mass is 9.77. The Morgan fingerprint density at radius 1 is 1.10 bits per heavy atom. The van der Waals surface area contributed by atoms with Crippen molar-refractivity contribution in [1.29, 1.82) is 0 Å². The summed E-state index contributed by atoms with van der Waals surface area (Å²) in [5.41, 5.74) is 0.442. The highest BCUT2D eigenvalue weighted by molar-refractivity contribution is 6.09. The minimum Gasteiger partial charge on any atom is -0.507 e. The van der Waals surface area contributed by atoms with Gasteiger partial charge >= 0.3 is 0 Å². The molecule has 2 aromatic rings. The number of phenols is 1. The third-order valence-electron chi connectivity index (χ3n) is 7.40. The van der Waals surface area contributed by atoms with Crippen molar-refractivity contribution in [3.63, 3.8) is 0 Å². The maximum absolute atomic E-state index is 13.5. The minimum absolute atomic E-state index is 0.0458. The largest absolute Gasteiger partial charge is 0.507 e. The fourth-order valence-electron chi connectivity index (χ4n) is 5.47. The highest BCUT2D eigenvalue weighted by atomic mass is 16.5. The summed E-state index contributed by atoms with van der Waals surface area (Å²) in [6.07, 6.45) is 4.96. The lowest BCUT2D eigenvalue weighted by Gasteiger charge is -2.41. The predicted octanol–water partition coefficient (Wildman–Crippen LogP) is 3.75. The molecule has 2 aliphatic carbocycles. The van der Waals surface area contributed by atoms with Crippen molar-refractivity contribution in [2.24, 2.45) is 17.8 Å². The van der Waals surface area contributed by atoms with Crippen LogP contribution in [0.15, 0.2) is 36.4 Å². The number of rotatable bonds is 5. The third-order valence-corrected chi connectivity index (χ3v) is 7.40. The molecule has 0 radical (unpaired) electrons. The van der Waals surface area contributed by atoms with Crippen LogP contribution in [0.5, 0.6) is 5.75 Å². The number of aromatic hydroxyl groups is 1. The summed E-state index contributed by atoms with van der Waals surface area (Å²) < 4.78 is 6.36. The second-order valence-corrected chi connectivity index (χ2v) is 9.73. The number of hydrogen-bond acceptors (Lipinski definition) is 4. The molecule has 3 fully saturated rings. The van der Waals surface area contributed by atoms with Gasteiger partial charge in [0.15, 0.2) is 0 Å². The van der Waals surface area contributed by atoms with Crippen molar-refractivity contribution >= 4 is 16.7 Å². The van der Waals surface area contributed by atoms with Gasteiger partial charge in [0.2, 0.25) is 0 Å². The Labute approximate surface area is 178 Å². The molecule has 5 heteroatoms. The fourth-order valence-corrected chi connectivity index (χ4v) is 5.47. The first-order valence-corrected chi connectivity index (χ1v) is 11.3. The molecule has 2 saturated carbocycles. The quantitative estimate of drug-likeness (QED) is 0.819. The van der Waals surface area contributed by atoms with E-state index >= 15 is 0 Å². The molecule has 1 saturated heterocycles. The highest BCUT2D eigenvalue weighted by Crippen LogP contribution is 2.41. The van der Waals surface area contributed by atoms with Crippen LogP contribution in [-0.2, 0) is 4.74 Å². The van der Waals surface area contributed by atoms with Crippen LogP contribution in [0.25, 0.3) is 10.8 Å². The van der Waals surface area contributed by atoms with Gasteiger partial charge in [-0.25, -0.2) is 0 Å². The fraction of sp³-hybridized carbons (Fsp3) is 0.560. The van der Waals surface area contributed by atoms with Crippen LogP contribution >= 0.6 is 0 Å². The summed E-state index contributed by atoms with van der Waals surface area (Å²) in [7, 11) is 4.29. The number of carbonyl (C=O) groups is 1. The molecule has 0 unspecified atom stereocenters. The van der Waals surface area contributed by atoms with Crippen molar-refractivity contribution in [3.05, 3.63) is 42.0 Å². The van der Waals surface area contributed by atoms with Crippen molar-refractivity contribution in [2.45, 2.75) is 37.8 Å². The molecule has 5 rings (SSSR count). The number of fused-ring (bicyclic) bond motifs is 2. The summed E-state index contributed by atoms with van der Waals surface area (Å²) in [6.45, 7) is 2.42. The predicted molar refractivity (Wildman–Crippen MR) is 118 cm³/mol. The Kier molecular flexibility index (Phi) is 5.19. The maximum atomic E-state index is 13.5. The number of likely N-dealkylation sites (tertiary alicyclic amines) is 1. The van der Waals surface area contributed by atoms with Gasteiger partial charge in [-0.05, 0) is 74.4 Å². The molecule has 160 valence electrons. The standard InChI is InChI=1S/C25H32N2O3/c1-26(2)21-11-18-13-27(14-19(18)12-23(21)30-15-16-7-8-16)25(29)24-20-6-4-3-5-17(20)9-10-22(24)28/h3-6,9-10,16,18-19,21,23,28H,7-8,11-15H2,1-2H3/t18-,19+,21-,23-/m1/s1. The van der Waals surface area contributed by atoms with Gasteiger partial charge in [0.05, 0.1) is 11.7 Å². The van der Waals surface area contributed by atoms with E-state index in [1.807, 2.05) is 35.2 Å². The van der Waals surface area contributed by atoms with Gasteiger partial charge in [-0.2, -0.15) is 0 Å². The lowest BCUT2D eigenvalue weighted by Crippen LogP contribution is -2.48. The molecule has 0 aromatic heterocycles. The molecule has 2 aromatic carbocycles. The van der Waals surface area contributed by atoms with E-state index in [1.54, 1.807) is 6.07 Å². The first-order valence-electron chi connectivity index (χ1n) is 11.3. The molecule has 4 atom stereocenters. The number of amides is 1. The highest BCUT2D eigenvalue weighted by Gasteiger charge is 2.45. The topological polar surface area (TPSA) is 53.0 Å². The van der Waals surface area contributed by atoms with Gasteiger partial charge in [0.25, 0.3) is 5.91 Å². The first kappa shape index (κ1) is 19.8. The Morgan fingerprint density at radius 3 is 2.57 bits per heavy atom. The summed E-state index contributed by atoms with van der Waals surface area (Å²) in [5.74, 6) is 1.77. The van der Waals surface area contributed by atoms with Crippen molar-refractivity contribution < 1.29 is 14.6 Å². The molecule has 1 heterocycles. The zero-order valence-corrected chi connectivity index (χ0v) is 18.0. The zero-order valence-electron chi connectivity index (χ0n) is 18.0. The summed E-state index contributed by atoms with van der Waals surface area (Å²) in [6, 6.07) is 11.7. The third kappa shape index (κ3) is 3.69. The number of hydrogen-bond donors (Lipinski definition) is 1. The average molecular weight is 409 g/mol. The summed E-state index contributed by atoms with van der Waals surface area (Å²) in [5, 5.41) is 12.3. The zero-order chi connectivity index (χ0) is 20.8. The van der Waals surface area contributed by atoms with Crippen molar-refractivity contribution in [3.8, 4) is 5.75 Å². The molecule has 1 N–H and O–H groups in total. The smallest absolute Gasteiger partial charge is 0.258 e. The SMILES string of the molecule is CN(C)[C@@H]1C[C@@H]2CN(C(=O)c3c(O)ccc4ccccc34)C[C@@H]2C[C@H]1OCC1CC1. The second-order valence-electron chi connectivity index (χ2n) is 9.73. The second kappa shape index (κ2) is 7.86. The van der Waals surface area contributed by atoms with Gasteiger partial charge in [-0.1, -0.05) is 30.3 Å². The van der Waals surface area contributed by atoms with E-state index in [9.17, 15) is 9.90 Å². The Balaban J connectivity index is 1.35. The Morgan fingerprint density at radius 2 is 1.83 bits per heavy atom. The van der Waals surface area contributed by atoms with Crippen LogP contribution in [0.1, 0.15) is 36.0 Å². The van der Waals surface area contributed by atoms with Crippen LogP contribution in [0.3, 0.4) is 0 Å². The van der Waals surface area contributed by atoms with Crippen molar-refractivity contribution in [2.75, 3.05) is 33.8 Å². The van der Waals surface area contributed by atoms with E-state index in [0.717, 1.165) is 49.2 Å². The van der Waals surface area contributed by atoms with Crippen LogP contribution in [0, 0.1) is 17.8 Å². The maximum Gasteiger partial charge on any atom is 0.258 e. The van der Waals surface area contributed by atoms with E-state index in [1.165, 1.54) is 12.8 Å². The van der Waals surface area contributed by atoms with E-state index in [0.29, 0.717) is 23.4 Å². The molecular formula is C25H32N2O3. The van der Waals surface area contributed by atoms with E-state index in [-0.39, 0.29) is 17.8 Å². The van der Waals surface area contributed by atoms with Crippen LogP contribution in [-0.4, -0.2) is 66.8 Å². The Hall–Kier alpha value is -2.11. The molecule has 0 spiro atoms. The van der Waals surface area contributed by atoms with Gasteiger partial charge in [-0.3, -0.25) is 4.79 Å². The molecule has 3 aliphatic rings. The monoisotopic (exact) mass is 408 g/mol. The lowest BCUT2D eigenvalue weighted by molar-refractivity contribution is -0.0493. The van der Waals surface area contributed by atoms with E-state index < -0.39 is 0 Å². The van der Waals surface area contributed by atoms with Crippen LogP contribution in [0.2, 0.25) is 0 Å². The number of likely N-dealkylation sites (N-methyl/N-ethyl adjacent to an activating group) is 1. The summed E-state index contributed by atoms with van der Waals surface area (Å²) >= 11 is 0. The minimum atomic E-state index is -0.0458. The number of phenolic OH excluding ortho intramolecular Hbond substituents is 1. The molecular weight excluding hydrogens is 376 g/mol. The molecule has 30 heavy (non-hydrogen) atoms. The molecule has 1 aliphatic heterocycles. The average Bonchev–Trinajstić information content (AvgIpc) is 3.48. The molecule has 0 bridgehead atoms. The van der Waals surface area contributed by atoms with Crippen LogP contribution < -0.4 is 0 Å². The normalized spacial score (nSPS) is 28.8. The van der Waals surface area contributed by atoms with Gasteiger partial charge in [0, 0.05) is 25.7 Å². The first-order chi connectivity index (χ1) is 14.5. The van der Waals surface area contributed by atoms with Crippen LogP contribution in [0.4, 0.5) is 0 Å². The number of nitrogens with zero attached hydrogens (tertiary/aromatic N) is 2. The molecule has 1 amide bonds. The van der Waals surface area contributed by atoms with Crippen molar-refractivity contribution in [1.82, 2.24) is 9.80 Å². The van der Waals surface area contributed by atoms with Gasteiger partial charge in [-0.15, -0.1) is 0 Å². The number of ether oxygens (including phenoxy) is 1. The van der Waals surface area contributed by atoms with Gasteiger partial charge < -0.3 is 19.6 Å². The van der Waals surface area contributed by atoms with E-state index in [4.69, 9.17) is 4.74 Å². The summed E-state index contributed by atoms with van der Waals surface area (Å²) in [4.78, 5) is 17.7. The molecule has 5 nitrogen and oxygen atoms in total. The number of carbonyl (C=O) groups excluding carboxylic acids is 1. The number of benzene rings is 2. The Bertz CT molecular complexity index is 939. The van der Waals surface area contributed by atoms with E-state index in [2.05, 4.69) is 19.0 Å².